The summed E-state index contributed by atoms with van der Waals surface area (Å²) in [7, 11) is 2.09. The third-order valence-electron chi connectivity index (χ3n) is 7.42. The van der Waals surface area contributed by atoms with Crippen molar-refractivity contribution in [3.63, 3.8) is 0 Å². The maximum Gasteiger partial charge on any atom is 0.253 e. The highest BCUT2D eigenvalue weighted by Crippen LogP contribution is 2.38. The van der Waals surface area contributed by atoms with Gasteiger partial charge in [-0.25, -0.2) is 0 Å². The van der Waals surface area contributed by atoms with E-state index in [1.54, 1.807) is 0 Å². The Balaban J connectivity index is 1.32. The third-order valence-corrected chi connectivity index (χ3v) is 7.67. The van der Waals surface area contributed by atoms with Crippen LogP contribution in [0.25, 0.3) is 10.8 Å². The number of rotatable bonds is 4. The number of anilines is 1. The van der Waals surface area contributed by atoms with E-state index in [2.05, 4.69) is 59.4 Å². The van der Waals surface area contributed by atoms with Gasteiger partial charge in [-0.15, -0.1) is 0 Å². The van der Waals surface area contributed by atoms with Gasteiger partial charge in [0.1, 0.15) is 0 Å². The number of carbonyl (C=O) groups excluding carboxylic acids is 1. The minimum absolute atomic E-state index is 0.0504. The fourth-order valence-electron chi connectivity index (χ4n) is 5.19. The second-order valence-electron chi connectivity index (χ2n) is 9.87. The first-order chi connectivity index (χ1) is 18.0. The summed E-state index contributed by atoms with van der Waals surface area (Å²) in [5, 5.41) is 10.3. The van der Waals surface area contributed by atoms with Crippen LogP contribution in [0.15, 0.2) is 96.1 Å². The van der Waals surface area contributed by atoms with Gasteiger partial charge in [0.05, 0.1) is 17.4 Å². The van der Waals surface area contributed by atoms with Crippen molar-refractivity contribution >= 4 is 39.7 Å². The van der Waals surface area contributed by atoms with Gasteiger partial charge in [0.25, 0.3) is 5.91 Å². The summed E-state index contributed by atoms with van der Waals surface area (Å²) in [6, 6.07) is 30.9. The standard InChI is InChI=1S/C31H29ClN4O/c1-34-16-18-35(19-17-34)31(37)24-10-14-28(15-11-24)36-30(21-29(33-36)23-8-12-27(32)13-9-23)26-7-6-22-4-2-3-5-25(22)20-26/h2-15,20,30H,16-19,21H2,1H3. The number of amides is 1. The lowest BCUT2D eigenvalue weighted by Crippen LogP contribution is -2.47. The normalized spacial score (nSPS) is 18.3. The van der Waals surface area contributed by atoms with Crippen molar-refractivity contribution < 1.29 is 4.79 Å². The molecule has 2 aliphatic heterocycles. The maximum absolute atomic E-state index is 13.1. The van der Waals surface area contributed by atoms with Crippen LogP contribution in [0.2, 0.25) is 5.02 Å². The lowest BCUT2D eigenvalue weighted by atomic mass is 9.96. The molecule has 0 aromatic heterocycles. The van der Waals surface area contributed by atoms with E-state index in [0.29, 0.717) is 5.02 Å². The van der Waals surface area contributed by atoms with Gasteiger partial charge in [-0.2, -0.15) is 5.10 Å². The molecule has 2 aliphatic rings. The maximum atomic E-state index is 13.1. The molecule has 1 atom stereocenters. The van der Waals surface area contributed by atoms with Gasteiger partial charge in [0.2, 0.25) is 0 Å². The van der Waals surface area contributed by atoms with E-state index >= 15 is 0 Å². The quantitative estimate of drug-likeness (QED) is 0.328. The SMILES string of the molecule is CN1CCN(C(=O)c2ccc(N3N=C(c4ccc(Cl)cc4)CC3c3ccc4ccccc4c3)cc2)CC1. The highest BCUT2D eigenvalue weighted by Gasteiger charge is 2.30. The molecular weight excluding hydrogens is 480 g/mol. The van der Waals surface area contributed by atoms with Crippen molar-refractivity contribution in [3.8, 4) is 0 Å². The van der Waals surface area contributed by atoms with Crippen LogP contribution in [0.5, 0.6) is 0 Å². The van der Waals surface area contributed by atoms with E-state index in [0.717, 1.165) is 55.1 Å². The third kappa shape index (κ3) is 4.85. The van der Waals surface area contributed by atoms with Gasteiger partial charge in [-0.3, -0.25) is 9.80 Å². The van der Waals surface area contributed by atoms with E-state index in [-0.39, 0.29) is 11.9 Å². The van der Waals surface area contributed by atoms with Crippen LogP contribution in [-0.4, -0.2) is 54.6 Å². The zero-order valence-corrected chi connectivity index (χ0v) is 21.6. The summed E-state index contributed by atoms with van der Waals surface area (Å²) in [6.45, 7) is 3.35. The number of carbonyl (C=O) groups is 1. The zero-order valence-electron chi connectivity index (χ0n) is 20.8. The molecule has 0 spiro atoms. The second-order valence-corrected chi connectivity index (χ2v) is 10.3. The van der Waals surface area contributed by atoms with E-state index in [4.69, 9.17) is 16.7 Å². The number of likely N-dealkylation sites (N-methyl/N-ethyl adjacent to an activating group) is 1. The Morgan fingerprint density at radius 3 is 2.27 bits per heavy atom. The van der Waals surface area contributed by atoms with Gasteiger partial charge in [0.15, 0.2) is 0 Å². The number of nitrogens with zero attached hydrogens (tertiary/aromatic N) is 4. The highest BCUT2D eigenvalue weighted by molar-refractivity contribution is 6.30. The minimum Gasteiger partial charge on any atom is -0.336 e. The highest BCUT2D eigenvalue weighted by atomic mass is 35.5. The monoisotopic (exact) mass is 508 g/mol. The van der Waals surface area contributed by atoms with Gasteiger partial charge >= 0.3 is 0 Å². The van der Waals surface area contributed by atoms with Crippen LogP contribution in [0.1, 0.15) is 33.9 Å². The van der Waals surface area contributed by atoms with Crippen molar-refractivity contribution in [2.45, 2.75) is 12.5 Å². The number of piperazine rings is 1. The molecule has 186 valence electrons. The molecule has 5 nitrogen and oxygen atoms in total. The second kappa shape index (κ2) is 10.0. The lowest BCUT2D eigenvalue weighted by Gasteiger charge is -2.32. The van der Waals surface area contributed by atoms with Crippen molar-refractivity contribution in [3.05, 3.63) is 113 Å². The number of halogens is 1. The molecular formula is C31H29ClN4O. The van der Waals surface area contributed by atoms with Gasteiger partial charge < -0.3 is 9.80 Å². The molecule has 4 aromatic rings. The molecule has 1 amide bonds. The summed E-state index contributed by atoms with van der Waals surface area (Å²) >= 11 is 6.14. The molecule has 1 fully saturated rings. The van der Waals surface area contributed by atoms with Gasteiger partial charge in [-0.05, 0) is 71.4 Å². The Kier molecular flexibility index (Phi) is 6.41. The molecule has 0 aliphatic carbocycles. The largest absolute Gasteiger partial charge is 0.336 e. The number of benzene rings is 4. The molecule has 1 unspecified atom stereocenters. The Morgan fingerprint density at radius 2 is 1.54 bits per heavy atom. The zero-order chi connectivity index (χ0) is 25.4. The van der Waals surface area contributed by atoms with Crippen molar-refractivity contribution in [1.82, 2.24) is 9.80 Å². The van der Waals surface area contributed by atoms with Crippen LogP contribution in [-0.2, 0) is 0 Å². The van der Waals surface area contributed by atoms with Crippen LogP contribution in [0.3, 0.4) is 0 Å². The summed E-state index contributed by atoms with van der Waals surface area (Å²) in [4.78, 5) is 17.3. The number of fused-ring (bicyclic) bond motifs is 1. The first-order valence-electron chi connectivity index (χ1n) is 12.7. The minimum atomic E-state index is 0.0504. The van der Waals surface area contributed by atoms with Crippen LogP contribution >= 0.6 is 11.6 Å². The van der Waals surface area contributed by atoms with Crippen molar-refractivity contribution in [2.24, 2.45) is 5.10 Å². The summed E-state index contributed by atoms with van der Waals surface area (Å²) in [5.74, 6) is 0.0949. The summed E-state index contributed by atoms with van der Waals surface area (Å²) in [5.41, 5.74) is 4.99. The van der Waals surface area contributed by atoms with Crippen LogP contribution in [0.4, 0.5) is 5.69 Å². The molecule has 0 bridgehead atoms. The van der Waals surface area contributed by atoms with Gasteiger partial charge in [-0.1, -0.05) is 60.1 Å². The molecule has 2 heterocycles. The molecule has 1 saturated heterocycles. The Morgan fingerprint density at radius 1 is 0.838 bits per heavy atom. The smallest absolute Gasteiger partial charge is 0.253 e. The number of hydrogen-bond donors (Lipinski definition) is 0. The molecule has 6 rings (SSSR count). The fraction of sp³-hybridized carbons (Fsp3) is 0.226. The average Bonchev–Trinajstić information content (AvgIpc) is 3.39. The lowest BCUT2D eigenvalue weighted by molar-refractivity contribution is 0.0664. The van der Waals surface area contributed by atoms with Crippen molar-refractivity contribution in [2.75, 3.05) is 38.2 Å². The summed E-state index contributed by atoms with van der Waals surface area (Å²) in [6.07, 6.45) is 0.780. The molecule has 37 heavy (non-hydrogen) atoms. The van der Waals surface area contributed by atoms with Gasteiger partial charge in [0, 0.05) is 43.2 Å². The number of hydrogen-bond acceptors (Lipinski definition) is 4. The summed E-state index contributed by atoms with van der Waals surface area (Å²) < 4.78 is 0. The number of hydrazone groups is 1. The molecule has 0 radical (unpaired) electrons. The Labute approximate surface area is 222 Å². The molecule has 0 N–H and O–H groups in total. The van der Waals surface area contributed by atoms with E-state index in [1.165, 1.54) is 16.3 Å². The molecule has 0 saturated carbocycles. The fourth-order valence-corrected chi connectivity index (χ4v) is 5.31. The van der Waals surface area contributed by atoms with E-state index < -0.39 is 0 Å². The molecule has 6 heteroatoms. The van der Waals surface area contributed by atoms with E-state index in [1.807, 2.05) is 53.4 Å². The Bertz CT molecular complexity index is 1460. The topological polar surface area (TPSA) is 39.1 Å². The van der Waals surface area contributed by atoms with Crippen LogP contribution < -0.4 is 5.01 Å². The first kappa shape index (κ1) is 23.7. The van der Waals surface area contributed by atoms with Crippen molar-refractivity contribution in [1.29, 1.82) is 0 Å². The predicted molar refractivity (Wildman–Crippen MR) is 152 cm³/mol. The van der Waals surface area contributed by atoms with E-state index in [9.17, 15) is 4.79 Å². The predicted octanol–water partition coefficient (Wildman–Crippen LogP) is 6.24. The average molecular weight is 509 g/mol. The Hall–Kier alpha value is -3.67. The first-order valence-corrected chi connectivity index (χ1v) is 13.1. The van der Waals surface area contributed by atoms with Crippen LogP contribution in [0, 0.1) is 0 Å². The molecule has 4 aromatic carbocycles.